The Morgan fingerprint density at radius 2 is 1.65 bits per heavy atom. The lowest BCUT2D eigenvalue weighted by molar-refractivity contribution is 0.00542. The van der Waals surface area contributed by atoms with Gasteiger partial charge in [0.2, 0.25) is 0 Å². The van der Waals surface area contributed by atoms with Gasteiger partial charge in [-0.25, -0.2) is 14.6 Å². The van der Waals surface area contributed by atoms with Gasteiger partial charge in [0, 0.05) is 17.8 Å². The van der Waals surface area contributed by atoms with Crippen LogP contribution in [0.3, 0.4) is 0 Å². The zero-order chi connectivity index (χ0) is 29.0. The summed E-state index contributed by atoms with van der Waals surface area (Å²) in [6, 6.07) is 21.9. The Bertz CT molecular complexity index is 1500. The van der Waals surface area contributed by atoms with E-state index in [0.29, 0.717) is 22.5 Å². The van der Waals surface area contributed by atoms with Crippen LogP contribution in [0.15, 0.2) is 79.0 Å². The molecule has 1 aromatic heterocycles. The molecule has 0 radical (unpaired) electrons. The van der Waals surface area contributed by atoms with Gasteiger partial charge in [0.1, 0.15) is 10.8 Å². The quantitative estimate of drug-likeness (QED) is 0.222. The fourth-order valence-corrected chi connectivity index (χ4v) is 4.75. The van der Waals surface area contributed by atoms with Crippen LogP contribution in [0.25, 0.3) is 21.9 Å². The number of carboxylic acids is 1. The average Bonchev–Trinajstić information content (AvgIpc) is 2.90. The molecule has 208 valence electrons. The Morgan fingerprint density at radius 3 is 2.25 bits per heavy atom. The highest BCUT2D eigenvalue weighted by atomic mass is 35.5. The number of hydrogen-bond donors (Lipinski definition) is 2. The normalized spacial score (nSPS) is 13.1. The molecule has 0 saturated heterocycles. The van der Waals surface area contributed by atoms with Crippen molar-refractivity contribution in [2.75, 3.05) is 6.54 Å². The van der Waals surface area contributed by atoms with E-state index in [1.54, 1.807) is 39.0 Å². The number of ether oxygens (including phenoxy) is 1. The summed E-state index contributed by atoms with van der Waals surface area (Å²) in [6.45, 7) is 7.36. The molecule has 2 N–H and O–H groups in total. The van der Waals surface area contributed by atoms with Gasteiger partial charge in [-0.3, -0.25) is 0 Å². The lowest BCUT2D eigenvalue weighted by Gasteiger charge is -2.33. The van der Waals surface area contributed by atoms with Crippen molar-refractivity contribution >= 4 is 34.4 Å². The maximum Gasteiger partial charge on any atom is 0.410 e. The van der Waals surface area contributed by atoms with Crippen molar-refractivity contribution in [3.8, 4) is 11.1 Å². The molecule has 4 rings (SSSR count). The van der Waals surface area contributed by atoms with E-state index in [9.17, 15) is 19.8 Å². The highest BCUT2D eigenvalue weighted by molar-refractivity contribution is 6.29. The van der Waals surface area contributed by atoms with E-state index in [4.69, 9.17) is 16.3 Å². The number of carbonyl (C=O) groups is 2. The van der Waals surface area contributed by atoms with E-state index in [0.717, 1.165) is 22.1 Å². The van der Waals surface area contributed by atoms with Gasteiger partial charge < -0.3 is 19.8 Å². The predicted molar refractivity (Wildman–Crippen MR) is 157 cm³/mol. The van der Waals surface area contributed by atoms with Gasteiger partial charge in [0.05, 0.1) is 18.2 Å². The first-order valence-electron chi connectivity index (χ1n) is 13.1. The second-order valence-corrected chi connectivity index (χ2v) is 11.2. The number of hydrogen-bond acceptors (Lipinski definition) is 5. The van der Waals surface area contributed by atoms with Gasteiger partial charge in [-0.1, -0.05) is 72.3 Å². The highest BCUT2D eigenvalue weighted by Crippen LogP contribution is 2.31. The summed E-state index contributed by atoms with van der Waals surface area (Å²) in [5.74, 6) is -0.959. The fraction of sp³-hybridized carbons (Fsp3) is 0.281. The number of aromatic nitrogens is 1. The maximum absolute atomic E-state index is 13.2. The van der Waals surface area contributed by atoms with Crippen molar-refractivity contribution in [3.05, 3.63) is 101 Å². The van der Waals surface area contributed by atoms with Crippen LogP contribution < -0.4 is 0 Å². The number of halogens is 1. The van der Waals surface area contributed by atoms with Gasteiger partial charge in [-0.2, -0.15) is 0 Å². The highest BCUT2D eigenvalue weighted by Gasteiger charge is 2.28. The molecule has 0 fully saturated rings. The Kier molecular flexibility index (Phi) is 8.76. The molecule has 0 spiro atoms. The largest absolute Gasteiger partial charge is 0.478 e. The summed E-state index contributed by atoms with van der Waals surface area (Å²) < 4.78 is 5.66. The van der Waals surface area contributed by atoms with Gasteiger partial charge in [0.15, 0.2) is 0 Å². The number of benzene rings is 3. The van der Waals surface area contributed by atoms with Crippen LogP contribution in [0.2, 0.25) is 5.15 Å². The monoisotopic (exact) mass is 560 g/mol. The van der Waals surface area contributed by atoms with E-state index in [-0.39, 0.29) is 18.2 Å². The lowest BCUT2D eigenvalue weighted by Crippen LogP contribution is -2.45. The second kappa shape index (κ2) is 12.1. The summed E-state index contributed by atoms with van der Waals surface area (Å²) in [7, 11) is 0. The van der Waals surface area contributed by atoms with E-state index in [1.807, 2.05) is 61.5 Å². The number of rotatable bonds is 8. The summed E-state index contributed by atoms with van der Waals surface area (Å²) in [5, 5.41) is 22.3. The zero-order valence-corrected chi connectivity index (χ0v) is 23.7. The molecule has 2 atom stereocenters. The molecule has 1 amide bonds. The Morgan fingerprint density at radius 1 is 0.975 bits per heavy atom. The summed E-state index contributed by atoms with van der Waals surface area (Å²) >= 11 is 5.88. The van der Waals surface area contributed by atoms with Crippen LogP contribution in [0.1, 0.15) is 55.3 Å². The van der Waals surface area contributed by atoms with E-state index in [2.05, 4.69) is 4.98 Å². The summed E-state index contributed by atoms with van der Waals surface area (Å²) in [4.78, 5) is 30.4. The molecule has 0 aliphatic carbocycles. The van der Waals surface area contributed by atoms with Gasteiger partial charge >= 0.3 is 12.1 Å². The third-order valence-electron chi connectivity index (χ3n) is 6.62. The number of amides is 1. The first kappa shape index (κ1) is 29.1. The molecule has 0 unspecified atom stereocenters. The molecule has 4 aromatic rings. The number of aliphatic hydroxyl groups excluding tert-OH is 1. The van der Waals surface area contributed by atoms with Crippen molar-refractivity contribution in [1.82, 2.24) is 9.88 Å². The standard InChI is InChI=1S/C32H33ClN2O5/c1-20(35(31(39)40-32(2,3)4)19-28(36)23-13-16-29(33)34-18-23)17-21-9-11-22(12-10-21)24-14-15-27(30(37)38)26-8-6-5-7-25(24)26/h5-16,18,20,28,36H,17,19H2,1-4H3,(H,37,38)/t20-,28+/m1/s1. The van der Waals surface area contributed by atoms with Crippen molar-refractivity contribution in [1.29, 1.82) is 0 Å². The van der Waals surface area contributed by atoms with E-state index in [1.165, 1.54) is 11.1 Å². The smallest absolute Gasteiger partial charge is 0.410 e. The Labute approximate surface area is 239 Å². The number of carbonyl (C=O) groups excluding carboxylic acids is 1. The average molecular weight is 561 g/mol. The first-order chi connectivity index (χ1) is 18.9. The van der Waals surface area contributed by atoms with Crippen LogP contribution in [-0.4, -0.2) is 50.3 Å². The van der Waals surface area contributed by atoms with Crippen LogP contribution in [0.5, 0.6) is 0 Å². The molecular weight excluding hydrogens is 528 g/mol. The lowest BCUT2D eigenvalue weighted by atomic mass is 9.94. The number of fused-ring (bicyclic) bond motifs is 1. The molecule has 8 heteroatoms. The van der Waals surface area contributed by atoms with Crippen molar-refractivity contribution in [2.24, 2.45) is 0 Å². The van der Waals surface area contributed by atoms with Gasteiger partial charge in [-0.05, 0) is 73.7 Å². The van der Waals surface area contributed by atoms with Crippen molar-refractivity contribution in [3.63, 3.8) is 0 Å². The number of nitrogens with zero attached hydrogens (tertiary/aromatic N) is 2. The fourth-order valence-electron chi connectivity index (χ4n) is 4.64. The molecule has 7 nitrogen and oxygen atoms in total. The maximum atomic E-state index is 13.2. The number of aliphatic hydroxyl groups is 1. The molecule has 0 bridgehead atoms. The van der Waals surface area contributed by atoms with Crippen LogP contribution >= 0.6 is 11.6 Å². The molecule has 1 heterocycles. The SMILES string of the molecule is C[C@H](Cc1ccc(-c2ccc(C(=O)O)c3ccccc23)cc1)N(C[C@H](O)c1ccc(Cl)nc1)C(=O)OC(C)(C)C. The second-order valence-electron chi connectivity index (χ2n) is 10.8. The van der Waals surface area contributed by atoms with Crippen LogP contribution in [0, 0.1) is 0 Å². The number of pyridine rings is 1. The zero-order valence-electron chi connectivity index (χ0n) is 23.0. The van der Waals surface area contributed by atoms with Crippen LogP contribution in [-0.2, 0) is 11.2 Å². The van der Waals surface area contributed by atoms with Crippen molar-refractivity contribution in [2.45, 2.75) is 51.9 Å². The minimum atomic E-state index is -0.968. The molecule has 0 aliphatic heterocycles. The van der Waals surface area contributed by atoms with Gasteiger partial charge in [0.25, 0.3) is 0 Å². The molecule has 40 heavy (non-hydrogen) atoms. The Balaban J connectivity index is 1.56. The first-order valence-corrected chi connectivity index (χ1v) is 13.4. The molecular formula is C32H33ClN2O5. The minimum Gasteiger partial charge on any atom is -0.478 e. The van der Waals surface area contributed by atoms with Gasteiger partial charge in [-0.15, -0.1) is 0 Å². The van der Waals surface area contributed by atoms with E-state index >= 15 is 0 Å². The summed E-state index contributed by atoms with van der Waals surface area (Å²) in [5.41, 5.74) is 3.02. The predicted octanol–water partition coefficient (Wildman–Crippen LogP) is 7.16. The summed E-state index contributed by atoms with van der Waals surface area (Å²) in [6.07, 6.45) is 0.548. The van der Waals surface area contributed by atoms with Crippen LogP contribution in [0.4, 0.5) is 4.79 Å². The Hall–Kier alpha value is -3.94. The van der Waals surface area contributed by atoms with Crippen molar-refractivity contribution < 1.29 is 24.5 Å². The minimum absolute atomic E-state index is 0.0272. The number of aromatic carboxylic acids is 1. The number of carboxylic acid groups (broad SMARTS) is 1. The third-order valence-corrected chi connectivity index (χ3v) is 6.84. The third kappa shape index (κ3) is 6.97. The molecule has 0 aliphatic rings. The topological polar surface area (TPSA) is 100.0 Å². The molecule has 0 saturated carbocycles. The van der Waals surface area contributed by atoms with E-state index < -0.39 is 23.8 Å². The molecule has 3 aromatic carbocycles.